The zero-order valence-corrected chi connectivity index (χ0v) is 15.9. The maximum atomic E-state index is 14.8. The molecule has 2 aliphatic rings. The summed E-state index contributed by atoms with van der Waals surface area (Å²) in [4.78, 5) is 17.4. The van der Waals surface area contributed by atoms with Crippen LogP contribution >= 0.6 is 11.8 Å². The van der Waals surface area contributed by atoms with E-state index >= 15 is 0 Å². The molecule has 0 aromatic heterocycles. The minimum atomic E-state index is -0.791. The Labute approximate surface area is 162 Å². The van der Waals surface area contributed by atoms with Crippen molar-refractivity contribution in [2.75, 3.05) is 19.0 Å². The second-order valence-corrected chi connectivity index (χ2v) is 8.00. The lowest BCUT2D eigenvalue weighted by Crippen LogP contribution is -2.49. The lowest BCUT2D eigenvalue weighted by molar-refractivity contribution is 0.00289. The number of hydrogen-bond acceptors (Lipinski definition) is 4. The van der Waals surface area contributed by atoms with E-state index in [1.54, 1.807) is 12.1 Å². The molecule has 2 aromatic rings. The van der Waals surface area contributed by atoms with Crippen LogP contribution in [-0.4, -0.2) is 30.0 Å². The zero-order valence-electron chi connectivity index (χ0n) is 15.1. The van der Waals surface area contributed by atoms with Gasteiger partial charge in [-0.2, -0.15) is 0 Å². The summed E-state index contributed by atoms with van der Waals surface area (Å²) in [6, 6.07) is 14.3. The topological polar surface area (TPSA) is 50.7 Å². The Hall–Kier alpha value is -2.18. The number of amides is 1. The van der Waals surface area contributed by atoms with E-state index in [0.717, 1.165) is 17.7 Å². The molecular formula is C21H21FN2O2S. The molecule has 4 rings (SSSR count). The largest absolute Gasteiger partial charge is 0.379 e. The Kier molecular flexibility index (Phi) is 5.02. The normalized spacial score (nSPS) is 24.7. The number of carbonyl (C=O) groups is 1. The first-order valence-electron chi connectivity index (χ1n) is 9.02. The number of amidine groups is 1. The van der Waals surface area contributed by atoms with Gasteiger partial charge in [0.25, 0.3) is 5.91 Å². The molecule has 2 unspecified atom stereocenters. The van der Waals surface area contributed by atoms with Gasteiger partial charge in [0.1, 0.15) is 11.4 Å². The minimum Gasteiger partial charge on any atom is -0.379 e. The van der Waals surface area contributed by atoms with Gasteiger partial charge in [-0.25, -0.2) is 9.38 Å². The van der Waals surface area contributed by atoms with Crippen LogP contribution in [0, 0.1) is 18.7 Å². The summed E-state index contributed by atoms with van der Waals surface area (Å²) in [6.07, 6.45) is 0.823. The Bertz CT molecular complexity index is 887. The SMILES string of the molecule is Cc1ccc(C23COCCC2CSC(NC(=O)c2ccccc2)=N3)c(F)c1. The number of fused-ring (bicyclic) bond motifs is 1. The van der Waals surface area contributed by atoms with Gasteiger partial charge in [-0.15, -0.1) is 0 Å². The fourth-order valence-electron chi connectivity index (χ4n) is 3.70. The van der Waals surface area contributed by atoms with E-state index in [-0.39, 0.29) is 17.6 Å². The van der Waals surface area contributed by atoms with Crippen LogP contribution < -0.4 is 5.32 Å². The van der Waals surface area contributed by atoms with Gasteiger partial charge in [0.15, 0.2) is 5.17 Å². The number of nitrogens with one attached hydrogen (secondary N) is 1. The fraction of sp³-hybridized carbons (Fsp3) is 0.333. The number of rotatable bonds is 2. The standard InChI is InChI=1S/C21H21FN2O2S/c1-14-7-8-17(18(22)11-14)21-13-26-10-9-16(21)12-27-20(24-21)23-19(25)15-5-3-2-4-6-15/h2-8,11,16H,9-10,12-13H2,1H3,(H,23,24,25). The van der Waals surface area contributed by atoms with E-state index in [0.29, 0.717) is 29.5 Å². The highest BCUT2D eigenvalue weighted by atomic mass is 32.2. The monoisotopic (exact) mass is 384 g/mol. The Morgan fingerprint density at radius 1 is 1.30 bits per heavy atom. The Morgan fingerprint density at radius 2 is 2.11 bits per heavy atom. The van der Waals surface area contributed by atoms with Gasteiger partial charge in [-0.05, 0) is 37.1 Å². The van der Waals surface area contributed by atoms with Crippen molar-refractivity contribution in [2.45, 2.75) is 18.9 Å². The molecule has 0 saturated carbocycles. The van der Waals surface area contributed by atoms with Crippen LogP contribution in [0.4, 0.5) is 4.39 Å². The molecule has 1 N–H and O–H groups in total. The predicted molar refractivity (Wildman–Crippen MR) is 106 cm³/mol. The Balaban J connectivity index is 1.70. The van der Waals surface area contributed by atoms with Crippen molar-refractivity contribution >= 4 is 22.8 Å². The van der Waals surface area contributed by atoms with Gasteiger partial charge in [0, 0.05) is 29.4 Å². The number of aryl methyl sites for hydroxylation is 1. The van der Waals surface area contributed by atoms with Crippen LogP contribution in [0.25, 0.3) is 0 Å². The molecule has 1 amide bonds. The average molecular weight is 384 g/mol. The van der Waals surface area contributed by atoms with Crippen molar-refractivity contribution in [3.63, 3.8) is 0 Å². The highest BCUT2D eigenvalue weighted by Crippen LogP contribution is 2.45. The summed E-state index contributed by atoms with van der Waals surface area (Å²) in [5, 5.41) is 3.41. The Morgan fingerprint density at radius 3 is 2.89 bits per heavy atom. The number of nitrogens with zero attached hydrogens (tertiary/aromatic N) is 1. The van der Waals surface area contributed by atoms with E-state index in [9.17, 15) is 9.18 Å². The van der Waals surface area contributed by atoms with Gasteiger partial charge < -0.3 is 10.1 Å². The molecule has 2 aromatic carbocycles. The van der Waals surface area contributed by atoms with Crippen LogP contribution in [0.15, 0.2) is 53.5 Å². The second-order valence-electron chi connectivity index (χ2n) is 6.99. The van der Waals surface area contributed by atoms with Crippen molar-refractivity contribution in [3.05, 3.63) is 71.0 Å². The molecule has 140 valence electrons. The average Bonchev–Trinajstić information content (AvgIpc) is 2.68. The molecule has 27 heavy (non-hydrogen) atoms. The number of benzene rings is 2. The second kappa shape index (κ2) is 7.44. The van der Waals surface area contributed by atoms with Gasteiger partial charge in [-0.1, -0.05) is 42.1 Å². The van der Waals surface area contributed by atoms with Crippen molar-refractivity contribution in [3.8, 4) is 0 Å². The third-order valence-corrected chi connectivity index (χ3v) is 6.21. The quantitative estimate of drug-likeness (QED) is 0.854. The summed E-state index contributed by atoms with van der Waals surface area (Å²) in [5.74, 6) is 0.460. The van der Waals surface area contributed by atoms with E-state index < -0.39 is 5.54 Å². The number of thioether (sulfide) groups is 1. The maximum absolute atomic E-state index is 14.8. The summed E-state index contributed by atoms with van der Waals surface area (Å²) < 4.78 is 20.6. The molecule has 1 fully saturated rings. The molecule has 2 aliphatic heterocycles. The molecule has 6 heteroatoms. The van der Waals surface area contributed by atoms with Crippen LogP contribution in [0.2, 0.25) is 0 Å². The first-order valence-corrected chi connectivity index (χ1v) is 10.0. The van der Waals surface area contributed by atoms with Crippen LogP contribution in [0.5, 0.6) is 0 Å². The fourth-order valence-corrected chi connectivity index (χ4v) is 4.89. The summed E-state index contributed by atoms with van der Waals surface area (Å²) in [5.41, 5.74) is 1.19. The van der Waals surface area contributed by atoms with Crippen molar-refractivity contribution in [2.24, 2.45) is 10.9 Å². The van der Waals surface area contributed by atoms with E-state index in [4.69, 9.17) is 9.73 Å². The molecule has 1 saturated heterocycles. The van der Waals surface area contributed by atoms with Crippen LogP contribution in [0.3, 0.4) is 0 Å². The van der Waals surface area contributed by atoms with E-state index in [2.05, 4.69) is 5.32 Å². The van der Waals surface area contributed by atoms with Crippen molar-refractivity contribution in [1.82, 2.24) is 5.32 Å². The van der Waals surface area contributed by atoms with Gasteiger partial charge >= 0.3 is 0 Å². The predicted octanol–water partition coefficient (Wildman–Crippen LogP) is 3.90. The van der Waals surface area contributed by atoms with Gasteiger partial charge in [0.05, 0.1) is 6.61 Å². The highest BCUT2D eigenvalue weighted by molar-refractivity contribution is 8.13. The van der Waals surface area contributed by atoms with Crippen molar-refractivity contribution in [1.29, 1.82) is 0 Å². The summed E-state index contributed by atoms with van der Waals surface area (Å²) in [6.45, 7) is 2.84. The molecule has 2 atom stereocenters. The van der Waals surface area contributed by atoms with Gasteiger partial charge in [0.2, 0.25) is 0 Å². The number of carbonyl (C=O) groups excluding carboxylic acids is 1. The number of hydrogen-bond donors (Lipinski definition) is 1. The number of ether oxygens (including phenoxy) is 1. The third-order valence-electron chi connectivity index (χ3n) is 5.18. The van der Waals surface area contributed by atoms with Crippen LogP contribution in [-0.2, 0) is 10.3 Å². The van der Waals surface area contributed by atoms with Gasteiger partial charge in [-0.3, -0.25) is 4.79 Å². The van der Waals surface area contributed by atoms with Crippen LogP contribution in [0.1, 0.15) is 27.9 Å². The first-order chi connectivity index (χ1) is 13.1. The van der Waals surface area contributed by atoms with E-state index in [1.165, 1.54) is 17.8 Å². The maximum Gasteiger partial charge on any atom is 0.257 e. The summed E-state index contributed by atoms with van der Waals surface area (Å²) in [7, 11) is 0. The smallest absolute Gasteiger partial charge is 0.257 e. The number of aliphatic imine (C=N–C) groups is 1. The minimum absolute atomic E-state index is 0.172. The zero-order chi connectivity index (χ0) is 18.9. The molecule has 4 nitrogen and oxygen atoms in total. The molecular weight excluding hydrogens is 363 g/mol. The lowest BCUT2D eigenvalue weighted by atomic mass is 9.76. The summed E-state index contributed by atoms with van der Waals surface area (Å²) >= 11 is 1.51. The first kappa shape index (κ1) is 18.2. The molecule has 0 bridgehead atoms. The van der Waals surface area contributed by atoms with Crippen molar-refractivity contribution < 1.29 is 13.9 Å². The van der Waals surface area contributed by atoms with E-state index in [1.807, 2.05) is 37.3 Å². The highest BCUT2D eigenvalue weighted by Gasteiger charge is 2.47. The number of halogens is 1. The molecule has 0 aliphatic carbocycles. The lowest BCUT2D eigenvalue weighted by Gasteiger charge is -2.44. The molecule has 2 heterocycles. The molecule has 0 radical (unpaired) electrons. The molecule has 0 spiro atoms. The third kappa shape index (κ3) is 3.51.